The lowest BCUT2D eigenvalue weighted by atomic mass is 9.83. The van der Waals surface area contributed by atoms with Gasteiger partial charge in [-0.05, 0) is 81.4 Å². The third-order valence-electron chi connectivity index (χ3n) is 6.81. The van der Waals surface area contributed by atoms with E-state index < -0.39 is 0 Å². The van der Waals surface area contributed by atoms with Crippen LogP contribution in [0, 0.1) is 5.82 Å². The fourth-order valence-corrected chi connectivity index (χ4v) is 6.85. The first-order valence-electron chi connectivity index (χ1n) is 11.8. The number of nitrogens with zero attached hydrogens (tertiary/aromatic N) is 3. The fraction of sp³-hybridized carbons (Fsp3) is 0.172. The minimum absolute atomic E-state index is 0.0775. The van der Waals surface area contributed by atoms with Gasteiger partial charge in [0.25, 0.3) is 5.56 Å². The minimum Gasteiger partial charge on any atom is -0.377 e. The van der Waals surface area contributed by atoms with E-state index in [1.165, 1.54) is 29.0 Å². The average Bonchev–Trinajstić information content (AvgIpc) is 3.17. The third kappa shape index (κ3) is 3.87. The molecule has 3 aromatic carbocycles. The van der Waals surface area contributed by atoms with E-state index >= 15 is 0 Å². The second kappa shape index (κ2) is 8.98. The van der Waals surface area contributed by atoms with Crippen LogP contribution in [0.4, 0.5) is 10.1 Å². The topological polar surface area (TPSA) is 37.6 Å². The van der Waals surface area contributed by atoms with E-state index in [0.29, 0.717) is 9.33 Å². The third-order valence-corrected chi connectivity index (χ3v) is 8.43. The van der Waals surface area contributed by atoms with E-state index in [4.69, 9.17) is 4.99 Å². The number of rotatable bonds is 3. The minimum atomic E-state index is -0.310. The van der Waals surface area contributed by atoms with Gasteiger partial charge in [-0.15, -0.1) is 0 Å². The Hall–Kier alpha value is -3.29. The number of anilines is 1. The van der Waals surface area contributed by atoms with Gasteiger partial charge in [0.05, 0.1) is 22.0 Å². The Morgan fingerprint density at radius 2 is 1.86 bits per heavy atom. The largest absolute Gasteiger partial charge is 0.377 e. The summed E-state index contributed by atoms with van der Waals surface area (Å²) in [6.45, 7) is 0. The van der Waals surface area contributed by atoms with Crippen molar-refractivity contribution in [2.24, 2.45) is 4.99 Å². The van der Waals surface area contributed by atoms with E-state index in [9.17, 15) is 9.18 Å². The molecule has 0 amide bonds. The maximum absolute atomic E-state index is 13.8. The molecular weight excluding hydrogens is 537 g/mol. The molecule has 2 heterocycles. The second-order valence-electron chi connectivity index (χ2n) is 9.27. The van der Waals surface area contributed by atoms with Crippen LogP contribution in [0.3, 0.4) is 0 Å². The lowest BCUT2D eigenvalue weighted by Crippen LogP contribution is -2.38. The SMILES string of the molecule is CN(C)c1ccc(/C=c2/sc3n(c2=O)[C@@H](c2ccc(F)cc2)C2=C(N=3)c3ccccc3CC2)cc1Br. The monoisotopic (exact) mass is 559 g/mol. The molecule has 0 radical (unpaired) electrons. The maximum Gasteiger partial charge on any atom is 0.271 e. The van der Waals surface area contributed by atoms with Crippen LogP contribution >= 0.6 is 27.3 Å². The average molecular weight is 560 g/mol. The second-order valence-corrected chi connectivity index (χ2v) is 11.1. The molecule has 0 N–H and O–H groups in total. The Kier molecular flexibility index (Phi) is 5.77. The molecule has 1 atom stereocenters. The van der Waals surface area contributed by atoms with Crippen molar-refractivity contribution in [2.75, 3.05) is 19.0 Å². The summed E-state index contributed by atoms with van der Waals surface area (Å²) >= 11 is 5.04. The zero-order valence-corrected chi connectivity index (χ0v) is 22.2. The van der Waals surface area contributed by atoms with E-state index in [0.717, 1.165) is 51.0 Å². The molecule has 1 aromatic heterocycles. The molecule has 0 saturated heterocycles. The highest BCUT2D eigenvalue weighted by molar-refractivity contribution is 9.10. The highest BCUT2D eigenvalue weighted by Gasteiger charge is 2.32. The number of hydrogen-bond donors (Lipinski definition) is 0. The zero-order chi connectivity index (χ0) is 25.0. The molecule has 1 aliphatic heterocycles. The lowest BCUT2D eigenvalue weighted by molar-refractivity contribution is 0.581. The van der Waals surface area contributed by atoms with Gasteiger partial charge in [0.2, 0.25) is 0 Å². The summed E-state index contributed by atoms with van der Waals surface area (Å²) < 4.78 is 17.2. The van der Waals surface area contributed by atoms with Crippen LogP contribution in [-0.4, -0.2) is 18.7 Å². The number of fused-ring (bicyclic) bond motifs is 3. The summed E-state index contributed by atoms with van der Waals surface area (Å²) in [5.41, 5.74) is 7.25. The van der Waals surface area contributed by atoms with Gasteiger partial charge in [0, 0.05) is 24.1 Å². The molecule has 0 saturated carbocycles. The molecule has 180 valence electrons. The van der Waals surface area contributed by atoms with Crippen molar-refractivity contribution in [3.05, 3.63) is 125 Å². The van der Waals surface area contributed by atoms with Crippen molar-refractivity contribution in [3.63, 3.8) is 0 Å². The first-order chi connectivity index (χ1) is 17.4. The molecule has 7 heteroatoms. The fourth-order valence-electron chi connectivity index (χ4n) is 5.09. The quantitative estimate of drug-likeness (QED) is 0.342. The van der Waals surface area contributed by atoms with Crippen LogP contribution in [-0.2, 0) is 6.42 Å². The number of aryl methyl sites for hydroxylation is 1. The van der Waals surface area contributed by atoms with Gasteiger partial charge in [0.1, 0.15) is 5.82 Å². The van der Waals surface area contributed by atoms with Crippen molar-refractivity contribution >= 4 is 44.7 Å². The first kappa shape index (κ1) is 23.1. The predicted molar refractivity (Wildman–Crippen MR) is 148 cm³/mol. The van der Waals surface area contributed by atoms with Gasteiger partial charge in [-0.3, -0.25) is 9.36 Å². The van der Waals surface area contributed by atoms with Crippen molar-refractivity contribution < 1.29 is 4.39 Å². The highest BCUT2D eigenvalue weighted by Crippen LogP contribution is 2.41. The standard InChI is InChI=1S/C29H23BrFN3OS/c1-33(2)24-14-7-17(15-23(24)30)16-25-28(35)34-27(19-8-11-20(31)12-9-19)22-13-10-18-5-3-4-6-21(18)26(22)32-29(34)36-25/h3-9,11-12,14-16,27H,10,13H2,1-2H3/b25-16+/t27-/m0/s1. The van der Waals surface area contributed by atoms with Crippen LogP contribution in [0.2, 0.25) is 0 Å². The molecule has 6 rings (SSSR count). The highest BCUT2D eigenvalue weighted by atomic mass is 79.9. The van der Waals surface area contributed by atoms with Gasteiger partial charge in [-0.2, -0.15) is 0 Å². The molecule has 0 unspecified atom stereocenters. The number of hydrogen-bond acceptors (Lipinski definition) is 4. The smallest absolute Gasteiger partial charge is 0.271 e. The normalized spacial score (nSPS) is 16.8. The van der Waals surface area contributed by atoms with Crippen molar-refractivity contribution in [2.45, 2.75) is 18.9 Å². The van der Waals surface area contributed by atoms with E-state index in [1.54, 1.807) is 16.7 Å². The van der Waals surface area contributed by atoms with Crippen LogP contribution < -0.4 is 19.8 Å². The first-order valence-corrected chi connectivity index (χ1v) is 13.4. The van der Waals surface area contributed by atoms with Gasteiger partial charge in [-0.1, -0.05) is 53.8 Å². The van der Waals surface area contributed by atoms with Gasteiger partial charge in [-0.25, -0.2) is 9.38 Å². The molecule has 0 spiro atoms. The Bertz CT molecular complexity index is 1720. The summed E-state index contributed by atoms with van der Waals surface area (Å²) in [5, 5.41) is 0. The summed E-state index contributed by atoms with van der Waals surface area (Å²) in [6, 6.07) is 20.6. The Labute approximate surface area is 220 Å². The van der Waals surface area contributed by atoms with Gasteiger partial charge >= 0.3 is 0 Å². The van der Waals surface area contributed by atoms with Crippen LogP contribution in [0.15, 0.2) is 86.6 Å². The molecule has 0 fully saturated rings. The zero-order valence-electron chi connectivity index (χ0n) is 19.8. The van der Waals surface area contributed by atoms with E-state index in [1.807, 2.05) is 49.3 Å². The van der Waals surface area contributed by atoms with Crippen molar-refractivity contribution in [1.82, 2.24) is 4.57 Å². The van der Waals surface area contributed by atoms with Crippen molar-refractivity contribution in [1.29, 1.82) is 0 Å². The number of aromatic nitrogens is 1. The van der Waals surface area contributed by atoms with Gasteiger partial charge < -0.3 is 4.90 Å². The summed E-state index contributed by atoms with van der Waals surface area (Å²) in [4.78, 5) is 21.5. The molecule has 36 heavy (non-hydrogen) atoms. The summed E-state index contributed by atoms with van der Waals surface area (Å²) in [6.07, 6.45) is 3.62. The number of allylic oxidation sites excluding steroid dienone is 1. The molecule has 4 aromatic rings. The molecule has 0 bridgehead atoms. The van der Waals surface area contributed by atoms with Crippen molar-refractivity contribution in [3.8, 4) is 0 Å². The van der Waals surface area contributed by atoms with Crippen LogP contribution in [0.25, 0.3) is 11.8 Å². The number of halogens is 2. The van der Waals surface area contributed by atoms with Crippen LogP contribution in [0.5, 0.6) is 0 Å². The molecular formula is C29H23BrFN3OS. The lowest BCUT2D eigenvalue weighted by Gasteiger charge is -2.30. The Balaban J connectivity index is 1.58. The van der Waals surface area contributed by atoms with E-state index in [-0.39, 0.29) is 17.4 Å². The summed E-state index contributed by atoms with van der Waals surface area (Å²) in [7, 11) is 3.99. The van der Waals surface area contributed by atoms with Gasteiger partial charge in [0.15, 0.2) is 4.80 Å². The summed E-state index contributed by atoms with van der Waals surface area (Å²) in [5.74, 6) is -0.291. The molecule has 1 aliphatic carbocycles. The maximum atomic E-state index is 13.8. The predicted octanol–water partition coefficient (Wildman–Crippen LogP) is 5.29. The molecule has 2 aliphatic rings. The van der Waals surface area contributed by atoms with Crippen LogP contribution in [0.1, 0.15) is 34.7 Å². The Morgan fingerprint density at radius 1 is 1.08 bits per heavy atom. The number of thiazole rings is 1. The number of benzene rings is 3. The van der Waals surface area contributed by atoms with E-state index in [2.05, 4.69) is 34.1 Å². The molecule has 4 nitrogen and oxygen atoms in total. The Morgan fingerprint density at radius 3 is 2.61 bits per heavy atom.